The lowest BCUT2D eigenvalue weighted by molar-refractivity contribution is -0.125. The first-order valence-electron chi connectivity index (χ1n) is 3.68. The van der Waals surface area contributed by atoms with E-state index in [0.717, 1.165) is 0 Å². The number of nitrogens with one attached hydrogen (secondary N) is 1. The normalized spacial score (nSPS) is 14.3. The summed E-state index contributed by atoms with van der Waals surface area (Å²) in [5.74, 6) is -0.171. The number of rotatable bonds is 3. The molecule has 66 valence electrons. The summed E-state index contributed by atoms with van der Waals surface area (Å²) >= 11 is 0. The molecule has 0 aromatic rings. The van der Waals surface area contributed by atoms with Crippen LogP contribution in [-0.4, -0.2) is 24.0 Å². The Hall–Kier alpha value is -0.610. The van der Waals surface area contributed by atoms with Crippen LogP contribution >= 0.6 is 0 Å². The Morgan fingerprint density at radius 1 is 1.64 bits per heavy atom. The van der Waals surface area contributed by atoms with Gasteiger partial charge in [0.2, 0.25) is 5.91 Å². The first-order valence-corrected chi connectivity index (χ1v) is 3.68. The number of amides is 1. The largest absolute Gasteiger partial charge is 0.351 e. The molecule has 0 radical (unpaired) electrons. The molecule has 0 aliphatic carbocycles. The van der Waals surface area contributed by atoms with Gasteiger partial charge in [0.15, 0.2) is 0 Å². The fourth-order valence-electron chi connectivity index (χ4n) is 0.469. The maximum absolute atomic E-state index is 11.1. The average molecular weight is 159 g/mol. The van der Waals surface area contributed by atoms with Crippen molar-refractivity contribution >= 4 is 5.91 Å². The standard InChI is InChI=1S/C7H17N3O/c1-5(4-8)10-6(11)7(2,3)9/h5H,4,8-9H2,1-3H3,(H,10,11)/t5-/m1/s1. The summed E-state index contributed by atoms with van der Waals surface area (Å²) in [4.78, 5) is 11.1. The molecule has 1 atom stereocenters. The van der Waals surface area contributed by atoms with Gasteiger partial charge in [-0.25, -0.2) is 0 Å². The van der Waals surface area contributed by atoms with Gasteiger partial charge in [-0.1, -0.05) is 0 Å². The molecule has 0 unspecified atom stereocenters. The molecule has 5 N–H and O–H groups in total. The van der Waals surface area contributed by atoms with Gasteiger partial charge in [0.1, 0.15) is 0 Å². The molecule has 0 rings (SSSR count). The van der Waals surface area contributed by atoms with E-state index < -0.39 is 5.54 Å². The summed E-state index contributed by atoms with van der Waals surface area (Å²) in [5.41, 5.74) is 10.0. The number of nitrogens with two attached hydrogens (primary N) is 2. The number of carbonyl (C=O) groups is 1. The van der Waals surface area contributed by atoms with Crippen molar-refractivity contribution in [1.29, 1.82) is 0 Å². The van der Waals surface area contributed by atoms with Crippen molar-refractivity contribution in [3.63, 3.8) is 0 Å². The van der Waals surface area contributed by atoms with Crippen LogP contribution < -0.4 is 16.8 Å². The topological polar surface area (TPSA) is 81.1 Å². The van der Waals surface area contributed by atoms with E-state index in [1.54, 1.807) is 13.8 Å². The maximum atomic E-state index is 11.1. The van der Waals surface area contributed by atoms with Gasteiger partial charge < -0.3 is 16.8 Å². The maximum Gasteiger partial charge on any atom is 0.239 e. The second kappa shape index (κ2) is 3.69. The van der Waals surface area contributed by atoms with Crippen LogP contribution in [0.1, 0.15) is 20.8 Å². The summed E-state index contributed by atoms with van der Waals surface area (Å²) in [6, 6.07) is -0.00896. The molecule has 0 heterocycles. The highest BCUT2D eigenvalue weighted by atomic mass is 16.2. The Kier molecular flexibility index (Phi) is 3.48. The first-order chi connectivity index (χ1) is 4.88. The fraction of sp³-hybridized carbons (Fsp3) is 0.857. The lowest BCUT2D eigenvalue weighted by Crippen LogP contribution is -2.52. The number of hydrogen-bond acceptors (Lipinski definition) is 3. The molecule has 0 aliphatic heterocycles. The molecule has 4 heteroatoms. The molecular formula is C7H17N3O. The van der Waals surface area contributed by atoms with Crippen LogP contribution in [0.25, 0.3) is 0 Å². The third kappa shape index (κ3) is 3.95. The van der Waals surface area contributed by atoms with Gasteiger partial charge in [-0.3, -0.25) is 4.79 Å². The van der Waals surface area contributed by atoms with Crippen LogP contribution in [0.2, 0.25) is 0 Å². The summed E-state index contributed by atoms with van der Waals surface area (Å²) in [5, 5.41) is 2.68. The molecule has 11 heavy (non-hydrogen) atoms. The second-order valence-electron chi connectivity index (χ2n) is 3.33. The predicted octanol–water partition coefficient (Wildman–Crippen LogP) is -0.813. The monoisotopic (exact) mass is 159 g/mol. The zero-order chi connectivity index (χ0) is 9.07. The molecule has 0 spiro atoms. The van der Waals surface area contributed by atoms with E-state index in [4.69, 9.17) is 11.5 Å². The van der Waals surface area contributed by atoms with Crippen molar-refractivity contribution in [2.24, 2.45) is 11.5 Å². The van der Waals surface area contributed by atoms with Crippen LogP contribution in [0, 0.1) is 0 Å². The lowest BCUT2D eigenvalue weighted by Gasteiger charge is -2.20. The summed E-state index contributed by atoms with van der Waals surface area (Å²) < 4.78 is 0. The van der Waals surface area contributed by atoms with Crippen molar-refractivity contribution in [2.45, 2.75) is 32.4 Å². The van der Waals surface area contributed by atoms with Gasteiger partial charge in [-0.2, -0.15) is 0 Å². The molecule has 0 saturated heterocycles. The van der Waals surface area contributed by atoms with Gasteiger partial charge in [-0.15, -0.1) is 0 Å². The number of carbonyl (C=O) groups excluding carboxylic acids is 1. The highest BCUT2D eigenvalue weighted by molar-refractivity contribution is 5.85. The fourth-order valence-corrected chi connectivity index (χ4v) is 0.469. The molecule has 0 aliphatic rings. The summed E-state index contributed by atoms with van der Waals surface area (Å²) in [7, 11) is 0. The smallest absolute Gasteiger partial charge is 0.239 e. The van der Waals surface area contributed by atoms with E-state index in [1.165, 1.54) is 0 Å². The van der Waals surface area contributed by atoms with Crippen molar-refractivity contribution < 1.29 is 4.79 Å². The van der Waals surface area contributed by atoms with Crippen LogP contribution in [0.4, 0.5) is 0 Å². The average Bonchev–Trinajstić information content (AvgIpc) is 1.85. The molecule has 0 bridgehead atoms. The van der Waals surface area contributed by atoms with Gasteiger partial charge >= 0.3 is 0 Å². The molecule has 0 saturated carbocycles. The van der Waals surface area contributed by atoms with Crippen LogP contribution in [-0.2, 0) is 4.79 Å². The number of hydrogen-bond donors (Lipinski definition) is 3. The van der Waals surface area contributed by atoms with Gasteiger partial charge in [0.05, 0.1) is 5.54 Å². The predicted molar refractivity (Wildman–Crippen MR) is 44.9 cm³/mol. The van der Waals surface area contributed by atoms with Crippen molar-refractivity contribution in [1.82, 2.24) is 5.32 Å². The zero-order valence-electron chi connectivity index (χ0n) is 7.35. The van der Waals surface area contributed by atoms with E-state index in [-0.39, 0.29) is 11.9 Å². The first kappa shape index (κ1) is 10.4. The highest BCUT2D eigenvalue weighted by Crippen LogP contribution is 1.96. The quantitative estimate of drug-likeness (QED) is 0.503. The van der Waals surface area contributed by atoms with Crippen molar-refractivity contribution in [3.8, 4) is 0 Å². The Balaban J connectivity index is 3.88. The Morgan fingerprint density at radius 2 is 2.09 bits per heavy atom. The molecule has 4 nitrogen and oxygen atoms in total. The van der Waals surface area contributed by atoms with Gasteiger partial charge in [0.25, 0.3) is 0 Å². The summed E-state index contributed by atoms with van der Waals surface area (Å²) in [6.07, 6.45) is 0. The van der Waals surface area contributed by atoms with Crippen LogP contribution in [0.5, 0.6) is 0 Å². The van der Waals surface area contributed by atoms with Gasteiger partial charge in [0, 0.05) is 12.6 Å². The van der Waals surface area contributed by atoms with E-state index in [9.17, 15) is 4.79 Å². The van der Waals surface area contributed by atoms with Crippen molar-refractivity contribution in [2.75, 3.05) is 6.54 Å². The van der Waals surface area contributed by atoms with E-state index >= 15 is 0 Å². The Bertz CT molecular complexity index is 139. The minimum atomic E-state index is -0.816. The highest BCUT2D eigenvalue weighted by Gasteiger charge is 2.22. The van der Waals surface area contributed by atoms with Gasteiger partial charge in [-0.05, 0) is 20.8 Å². The lowest BCUT2D eigenvalue weighted by atomic mass is 10.1. The van der Waals surface area contributed by atoms with Crippen LogP contribution in [0.3, 0.4) is 0 Å². The SMILES string of the molecule is C[C@H](CN)NC(=O)C(C)(C)N. The van der Waals surface area contributed by atoms with E-state index in [0.29, 0.717) is 6.54 Å². The van der Waals surface area contributed by atoms with E-state index in [2.05, 4.69) is 5.32 Å². The summed E-state index contributed by atoms with van der Waals surface area (Å²) in [6.45, 7) is 5.59. The third-order valence-electron chi connectivity index (χ3n) is 1.32. The molecule has 1 amide bonds. The second-order valence-corrected chi connectivity index (χ2v) is 3.33. The third-order valence-corrected chi connectivity index (χ3v) is 1.32. The minimum absolute atomic E-state index is 0.00896. The molecule has 0 aromatic carbocycles. The minimum Gasteiger partial charge on any atom is -0.351 e. The molecule has 0 fully saturated rings. The zero-order valence-corrected chi connectivity index (χ0v) is 7.35. The van der Waals surface area contributed by atoms with Crippen molar-refractivity contribution in [3.05, 3.63) is 0 Å². The Labute approximate surface area is 67.3 Å². The molecular weight excluding hydrogens is 142 g/mol. The van der Waals surface area contributed by atoms with Crippen LogP contribution in [0.15, 0.2) is 0 Å². The Morgan fingerprint density at radius 3 is 2.36 bits per heavy atom. The van der Waals surface area contributed by atoms with E-state index in [1.807, 2.05) is 6.92 Å². The molecule has 0 aromatic heterocycles.